The van der Waals surface area contributed by atoms with E-state index in [0.717, 1.165) is 31.4 Å². The summed E-state index contributed by atoms with van der Waals surface area (Å²) in [6, 6.07) is 5.82. The van der Waals surface area contributed by atoms with Crippen LogP contribution in [0.1, 0.15) is 35.2 Å². The zero-order valence-corrected chi connectivity index (χ0v) is 14.6. The van der Waals surface area contributed by atoms with Crippen LogP contribution >= 0.6 is 11.6 Å². The minimum Gasteiger partial charge on any atom is -0.396 e. The molecule has 1 N–H and O–H groups in total. The van der Waals surface area contributed by atoms with E-state index in [1.807, 2.05) is 24.0 Å². The second kappa shape index (κ2) is 6.42. The van der Waals surface area contributed by atoms with Crippen LogP contribution in [0.5, 0.6) is 0 Å². The normalized spacial score (nSPS) is 28.5. The van der Waals surface area contributed by atoms with Gasteiger partial charge in [-0.3, -0.25) is 4.79 Å². The quantitative estimate of drug-likeness (QED) is 0.902. The predicted molar refractivity (Wildman–Crippen MR) is 91.9 cm³/mol. The molecule has 0 unspecified atom stereocenters. The Labute approximate surface area is 143 Å². The molecule has 2 saturated heterocycles. The average molecular weight is 337 g/mol. The van der Waals surface area contributed by atoms with Gasteiger partial charge in [0.25, 0.3) is 5.91 Å². The number of carbonyl (C=O) groups excluding carboxylic acids is 1. The molecule has 1 aromatic rings. The van der Waals surface area contributed by atoms with E-state index in [-0.39, 0.29) is 24.0 Å². The number of hydrogen-bond donors (Lipinski definition) is 1. The van der Waals surface area contributed by atoms with Gasteiger partial charge in [0.2, 0.25) is 0 Å². The van der Waals surface area contributed by atoms with Gasteiger partial charge in [-0.15, -0.1) is 0 Å². The number of aliphatic hydroxyl groups excluding tert-OH is 1. The van der Waals surface area contributed by atoms with Gasteiger partial charge in [0, 0.05) is 24.5 Å². The first-order valence-electron chi connectivity index (χ1n) is 8.34. The fourth-order valence-electron chi connectivity index (χ4n) is 4.18. The van der Waals surface area contributed by atoms with Crippen LogP contribution < -0.4 is 0 Å². The lowest BCUT2D eigenvalue weighted by molar-refractivity contribution is -0.0601. The van der Waals surface area contributed by atoms with Gasteiger partial charge < -0.3 is 14.9 Å². The molecule has 2 heterocycles. The maximum Gasteiger partial charge on any atom is 0.255 e. The summed E-state index contributed by atoms with van der Waals surface area (Å²) in [6.07, 6.45) is 3.02. The standard InChI is InChI=1S/C18H25ClN2O2/c1-13-5-3-6-14(16(13)19)17(23)21-10-8-18(12-22)7-4-9-20(2)15(18)11-21/h3,5-6,15,22H,4,7-12H2,1-2H3/t15-,18-/m1/s1. The maximum absolute atomic E-state index is 12.9. The summed E-state index contributed by atoms with van der Waals surface area (Å²) in [5, 5.41) is 10.5. The van der Waals surface area contributed by atoms with Gasteiger partial charge in [-0.25, -0.2) is 0 Å². The maximum atomic E-state index is 12.9. The van der Waals surface area contributed by atoms with Gasteiger partial charge in [0.15, 0.2) is 0 Å². The molecule has 23 heavy (non-hydrogen) atoms. The number of likely N-dealkylation sites (tertiary alicyclic amines) is 2. The second-order valence-electron chi connectivity index (χ2n) is 7.06. The van der Waals surface area contributed by atoms with Gasteiger partial charge >= 0.3 is 0 Å². The van der Waals surface area contributed by atoms with E-state index in [1.165, 1.54) is 0 Å². The van der Waals surface area contributed by atoms with Crippen LogP contribution in [-0.2, 0) is 0 Å². The minimum atomic E-state index is -0.0554. The smallest absolute Gasteiger partial charge is 0.255 e. The first-order valence-corrected chi connectivity index (χ1v) is 8.72. The molecular weight excluding hydrogens is 312 g/mol. The largest absolute Gasteiger partial charge is 0.396 e. The molecule has 0 bridgehead atoms. The molecule has 3 rings (SSSR count). The predicted octanol–water partition coefficient (Wildman–Crippen LogP) is 2.57. The van der Waals surface area contributed by atoms with E-state index in [1.54, 1.807) is 6.07 Å². The monoisotopic (exact) mass is 336 g/mol. The lowest BCUT2D eigenvalue weighted by Gasteiger charge is -2.53. The Morgan fingerprint density at radius 2 is 2.17 bits per heavy atom. The number of fused-ring (bicyclic) bond motifs is 1. The molecule has 5 heteroatoms. The van der Waals surface area contributed by atoms with Crippen molar-refractivity contribution in [3.05, 3.63) is 34.3 Å². The number of carbonyl (C=O) groups is 1. The van der Waals surface area contributed by atoms with Gasteiger partial charge in [0.1, 0.15) is 0 Å². The number of halogens is 1. The van der Waals surface area contributed by atoms with Gasteiger partial charge in [0.05, 0.1) is 17.2 Å². The van der Waals surface area contributed by atoms with Crippen molar-refractivity contribution in [1.82, 2.24) is 9.80 Å². The van der Waals surface area contributed by atoms with Crippen LogP contribution in [0.3, 0.4) is 0 Å². The van der Waals surface area contributed by atoms with E-state index in [9.17, 15) is 9.90 Å². The fourth-order valence-corrected chi connectivity index (χ4v) is 4.39. The first kappa shape index (κ1) is 16.7. The fraction of sp³-hybridized carbons (Fsp3) is 0.611. The molecule has 1 amide bonds. The van der Waals surface area contributed by atoms with E-state index in [0.29, 0.717) is 23.7 Å². The third kappa shape index (κ3) is 2.88. The number of hydrogen-bond acceptors (Lipinski definition) is 3. The van der Waals surface area contributed by atoms with E-state index >= 15 is 0 Å². The minimum absolute atomic E-state index is 0.00390. The Morgan fingerprint density at radius 1 is 1.39 bits per heavy atom. The number of aliphatic hydroxyl groups is 1. The molecule has 0 aliphatic carbocycles. The van der Waals surface area contributed by atoms with Crippen LogP contribution in [0, 0.1) is 12.3 Å². The number of aryl methyl sites for hydroxylation is 1. The zero-order valence-electron chi connectivity index (χ0n) is 13.9. The van der Waals surface area contributed by atoms with Crippen molar-refractivity contribution in [3.63, 3.8) is 0 Å². The average Bonchev–Trinajstić information content (AvgIpc) is 2.57. The van der Waals surface area contributed by atoms with Crippen molar-refractivity contribution in [3.8, 4) is 0 Å². The third-order valence-corrected chi connectivity index (χ3v) is 6.22. The van der Waals surface area contributed by atoms with E-state index < -0.39 is 0 Å². The summed E-state index contributed by atoms with van der Waals surface area (Å²) in [4.78, 5) is 17.1. The molecule has 0 radical (unpaired) electrons. The van der Waals surface area contributed by atoms with Crippen molar-refractivity contribution in [2.24, 2.45) is 5.41 Å². The number of likely N-dealkylation sites (N-methyl/N-ethyl adjacent to an activating group) is 1. The highest BCUT2D eigenvalue weighted by molar-refractivity contribution is 6.34. The number of benzene rings is 1. The molecular formula is C18H25ClN2O2. The van der Waals surface area contributed by atoms with Crippen LogP contribution in [0.4, 0.5) is 0 Å². The van der Waals surface area contributed by atoms with E-state index in [2.05, 4.69) is 11.9 Å². The van der Waals surface area contributed by atoms with Crippen molar-refractivity contribution in [2.75, 3.05) is 33.3 Å². The Kier molecular flexibility index (Phi) is 4.68. The molecule has 0 aromatic heterocycles. The van der Waals surface area contributed by atoms with Crippen LogP contribution in [-0.4, -0.2) is 60.1 Å². The van der Waals surface area contributed by atoms with E-state index in [4.69, 9.17) is 11.6 Å². The molecule has 0 spiro atoms. The van der Waals surface area contributed by atoms with Gasteiger partial charge in [-0.1, -0.05) is 23.7 Å². The topological polar surface area (TPSA) is 43.8 Å². The van der Waals surface area contributed by atoms with Crippen LogP contribution in [0.15, 0.2) is 18.2 Å². The SMILES string of the molecule is Cc1cccc(C(=O)N2CC[C@@]3(CO)CCCN(C)[C@@H]3C2)c1Cl. The van der Waals surface area contributed by atoms with Gasteiger partial charge in [-0.05, 0) is 51.4 Å². The molecule has 2 aliphatic rings. The molecule has 126 valence electrons. The lowest BCUT2D eigenvalue weighted by atomic mass is 9.69. The van der Waals surface area contributed by atoms with Crippen LogP contribution in [0.25, 0.3) is 0 Å². The van der Waals surface area contributed by atoms with Gasteiger partial charge in [-0.2, -0.15) is 0 Å². The molecule has 4 nitrogen and oxygen atoms in total. The third-order valence-electron chi connectivity index (χ3n) is 5.72. The number of nitrogens with zero attached hydrogens (tertiary/aromatic N) is 2. The number of amides is 1. The zero-order chi connectivity index (χ0) is 16.6. The number of piperidine rings is 2. The Balaban J connectivity index is 1.83. The summed E-state index contributed by atoms with van der Waals surface area (Å²) in [7, 11) is 2.10. The first-order chi connectivity index (χ1) is 11.0. The second-order valence-corrected chi connectivity index (χ2v) is 7.44. The Bertz CT molecular complexity index is 607. The number of rotatable bonds is 2. The molecule has 2 atom stereocenters. The molecule has 0 saturated carbocycles. The summed E-state index contributed by atoms with van der Waals surface area (Å²) in [5.41, 5.74) is 1.45. The summed E-state index contributed by atoms with van der Waals surface area (Å²) >= 11 is 6.33. The summed E-state index contributed by atoms with van der Waals surface area (Å²) < 4.78 is 0. The van der Waals surface area contributed by atoms with Crippen molar-refractivity contribution >= 4 is 17.5 Å². The van der Waals surface area contributed by atoms with Crippen molar-refractivity contribution in [2.45, 2.75) is 32.2 Å². The molecule has 1 aromatic carbocycles. The van der Waals surface area contributed by atoms with Crippen molar-refractivity contribution in [1.29, 1.82) is 0 Å². The Morgan fingerprint density at radius 3 is 2.91 bits per heavy atom. The molecule has 2 aliphatic heterocycles. The highest BCUT2D eigenvalue weighted by Gasteiger charge is 2.47. The highest BCUT2D eigenvalue weighted by Crippen LogP contribution is 2.41. The van der Waals surface area contributed by atoms with Crippen molar-refractivity contribution < 1.29 is 9.90 Å². The summed E-state index contributed by atoms with van der Waals surface area (Å²) in [5.74, 6) is 0.00390. The summed E-state index contributed by atoms with van der Waals surface area (Å²) in [6.45, 7) is 4.50. The molecule has 2 fully saturated rings. The Hall–Kier alpha value is -1.10. The van der Waals surface area contributed by atoms with Crippen LogP contribution in [0.2, 0.25) is 5.02 Å². The lowest BCUT2D eigenvalue weighted by Crippen LogP contribution is -2.62. The highest BCUT2D eigenvalue weighted by atomic mass is 35.5.